The summed E-state index contributed by atoms with van der Waals surface area (Å²) in [6.07, 6.45) is 6.09. The second kappa shape index (κ2) is 5.95. The molecule has 1 fully saturated rings. The second-order valence-corrected chi connectivity index (χ2v) is 4.97. The molecule has 0 radical (unpaired) electrons. The number of hydrogen-bond acceptors (Lipinski definition) is 4. The summed E-state index contributed by atoms with van der Waals surface area (Å²) in [5.41, 5.74) is 0.342. The van der Waals surface area contributed by atoms with Crippen LogP contribution in [0.1, 0.15) is 36.2 Å². The first-order valence-corrected chi connectivity index (χ1v) is 6.46. The molecule has 2 atom stereocenters. The number of aryl methyl sites for hydroxylation is 1. The summed E-state index contributed by atoms with van der Waals surface area (Å²) in [4.78, 5) is 11.8. The van der Waals surface area contributed by atoms with E-state index >= 15 is 0 Å². The van der Waals surface area contributed by atoms with E-state index in [0.717, 1.165) is 12.8 Å². The first-order chi connectivity index (χ1) is 8.70. The number of hydrogen-bond donors (Lipinski definition) is 2. The molecule has 1 amide bonds. The molecule has 0 saturated heterocycles. The van der Waals surface area contributed by atoms with Crippen LogP contribution in [0.4, 0.5) is 0 Å². The third-order valence-corrected chi connectivity index (χ3v) is 3.66. The summed E-state index contributed by atoms with van der Waals surface area (Å²) >= 11 is 0. The number of aliphatic hydroxyl groups excluding tert-OH is 1. The van der Waals surface area contributed by atoms with E-state index in [4.69, 9.17) is 0 Å². The van der Waals surface area contributed by atoms with Crippen LogP contribution in [0, 0.1) is 11.8 Å². The zero-order valence-corrected chi connectivity index (χ0v) is 10.7. The van der Waals surface area contributed by atoms with Gasteiger partial charge in [0.15, 0.2) is 5.69 Å². The molecule has 1 heterocycles. The molecule has 18 heavy (non-hydrogen) atoms. The van der Waals surface area contributed by atoms with Gasteiger partial charge >= 0.3 is 0 Å². The average Bonchev–Trinajstić information content (AvgIpc) is 2.83. The quantitative estimate of drug-likeness (QED) is 0.810. The molecule has 2 N–H and O–H groups in total. The number of rotatable bonds is 4. The molecule has 1 saturated carbocycles. The SMILES string of the molecule is Cn1cc(C(=O)NCC2CCCCC2CO)nn1. The van der Waals surface area contributed by atoms with Gasteiger partial charge in [0.1, 0.15) is 0 Å². The molecule has 0 aromatic carbocycles. The first-order valence-electron chi connectivity index (χ1n) is 6.46. The summed E-state index contributed by atoms with van der Waals surface area (Å²) in [7, 11) is 1.73. The molecule has 1 aromatic heterocycles. The molecule has 1 aliphatic rings. The number of nitrogens with one attached hydrogen (secondary N) is 1. The van der Waals surface area contributed by atoms with Crippen LogP contribution in [0.5, 0.6) is 0 Å². The third kappa shape index (κ3) is 3.07. The predicted molar refractivity (Wildman–Crippen MR) is 65.9 cm³/mol. The molecule has 1 aliphatic carbocycles. The molecule has 0 aliphatic heterocycles. The van der Waals surface area contributed by atoms with Crippen LogP contribution in [0.15, 0.2) is 6.20 Å². The van der Waals surface area contributed by atoms with Crippen LogP contribution in [0.3, 0.4) is 0 Å². The van der Waals surface area contributed by atoms with Crippen LogP contribution in [0.2, 0.25) is 0 Å². The summed E-state index contributed by atoms with van der Waals surface area (Å²) < 4.78 is 1.51. The molecule has 0 spiro atoms. The highest BCUT2D eigenvalue weighted by Gasteiger charge is 2.25. The van der Waals surface area contributed by atoms with Crippen molar-refractivity contribution in [3.05, 3.63) is 11.9 Å². The number of carbonyl (C=O) groups is 1. The Morgan fingerprint density at radius 1 is 1.50 bits per heavy atom. The number of nitrogens with zero attached hydrogens (tertiary/aromatic N) is 3. The maximum atomic E-state index is 11.8. The van der Waals surface area contributed by atoms with Crippen LogP contribution in [0.25, 0.3) is 0 Å². The van der Waals surface area contributed by atoms with Gasteiger partial charge in [-0.15, -0.1) is 5.10 Å². The van der Waals surface area contributed by atoms with E-state index in [1.165, 1.54) is 17.5 Å². The maximum absolute atomic E-state index is 11.8. The zero-order valence-electron chi connectivity index (χ0n) is 10.7. The van der Waals surface area contributed by atoms with Crippen molar-refractivity contribution in [3.63, 3.8) is 0 Å². The summed E-state index contributed by atoms with van der Waals surface area (Å²) in [5, 5.41) is 19.7. The predicted octanol–water partition coefficient (Wildman–Crippen LogP) is 0.344. The van der Waals surface area contributed by atoms with Gasteiger partial charge in [-0.25, -0.2) is 0 Å². The lowest BCUT2D eigenvalue weighted by Crippen LogP contribution is -2.35. The maximum Gasteiger partial charge on any atom is 0.273 e. The van der Waals surface area contributed by atoms with Crippen molar-refractivity contribution in [2.24, 2.45) is 18.9 Å². The Bertz CT molecular complexity index is 405. The van der Waals surface area contributed by atoms with Crippen molar-refractivity contribution in [1.82, 2.24) is 20.3 Å². The zero-order chi connectivity index (χ0) is 13.0. The average molecular weight is 252 g/mol. The highest BCUT2D eigenvalue weighted by atomic mass is 16.3. The Morgan fingerprint density at radius 2 is 2.22 bits per heavy atom. The lowest BCUT2D eigenvalue weighted by molar-refractivity contribution is 0.0904. The normalized spacial score (nSPS) is 23.9. The van der Waals surface area contributed by atoms with Crippen LogP contribution >= 0.6 is 0 Å². The van der Waals surface area contributed by atoms with Crippen molar-refractivity contribution in [3.8, 4) is 0 Å². The van der Waals surface area contributed by atoms with E-state index in [-0.39, 0.29) is 12.5 Å². The van der Waals surface area contributed by atoms with Crippen LogP contribution < -0.4 is 5.32 Å². The summed E-state index contributed by atoms with van der Waals surface area (Å²) in [6.45, 7) is 0.826. The Hall–Kier alpha value is -1.43. The van der Waals surface area contributed by atoms with Crippen LogP contribution in [-0.4, -0.2) is 39.2 Å². The van der Waals surface area contributed by atoms with E-state index in [1.54, 1.807) is 13.2 Å². The minimum atomic E-state index is -0.189. The number of aliphatic hydroxyl groups is 1. The van der Waals surface area contributed by atoms with Crippen molar-refractivity contribution in [2.75, 3.05) is 13.2 Å². The minimum absolute atomic E-state index is 0.189. The molecular formula is C12H20N4O2. The van der Waals surface area contributed by atoms with Crippen LogP contribution in [-0.2, 0) is 7.05 Å². The van der Waals surface area contributed by atoms with Gasteiger partial charge in [-0.05, 0) is 24.7 Å². The molecule has 2 unspecified atom stereocenters. The van der Waals surface area contributed by atoms with E-state index in [0.29, 0.717) is 24.1 Å². The molecule has 6 heteroatoms. The van der Waals surface area contributed by atoms with E-state index in [9.17, 15) is 9.90 Å². The van der Waals surface area contributed by atoms with E-state index < -0.39 is 0 Å². The number of carbonyl (C=O) groups excluding carboxylic acids is 1. The fraction of sp³-hybridized carbons (Fsp3) is 0.750. The molecule has 6 nitrogen and oxygen atoms in total. The largest absolute Gasteiger partial charge is 0.396 e. The Kier molecular flexibility index (Phi) is 4.30. The Morgan fingerprint density at radius 3 is 2.83 bits per heavy atom. The van der Waals surface area contributed by atoms with Gasteiger partial charge in [0.05, 0.1) is 6.20 Å². The molecule has 2 rings (SSSR count). The van der Waals surface area contributed by atoms with E-state index in [2.05, 4.69) is 15.6 Å². The van der Waals surface area contributed by atoms with Gasteiger partial charge in [0.25, 0.3) is 5.91 Å². The third-order valence-electron chi connectivity index (χ3n) is 3.66. The molecular weight excluding hydrogens is 232 g/mol. The second-order valence-electron chi connectivity index (χ2n) is 4.97. The van der Waals surface area contributed by atoms with Crippen molar-refractivity contribution >= 4 is 5.91 Å². The monoisotopic (exact) mass is 252 g/mol. The molecule has 1 aromatic rings. The van der Waals surface area contributed by atoms with Crippen molar-refractivity contribution < 1.29 is 9.90 Å². The lowest BCUT2D eigenvalue weighted by atomic mass is 9.79. The fourth-order valence-electron chi connectivity index (χ4n) is 2.56. The number of aromatic nitrogens is 3. The van der Waals surface area contributed by atoms with Gasteiger partial charge in [-0.2, -0.15) is 0 Å². The topological polar surface area (TPSA) is 80.0 Å². The van der Waals surface area contributed by atoms with Crippen molar-refractivity contribution in [2.45, 2.75) is 25.7 Å². The molecule has 0 bridgehead atoms. The summed E-state index contributed by atoms with van der Waals surface area (Å²) in [6, 6.07) is 0. The van der Waals surface area contributed by atoms with Gasteiger partial charge in [0.2, 0.25) is 0 Å². The summed E-state index contributed by atoms with van der Waals surface area (Å²) in [5.74, 6) is 0.510. The lowest BCUT2D eigenvalue weighted by Gasteiger charge is -2.30. The minimum Gasteiger partial charge on any atom is -0.396 e. The van der Waals surface area contributed by atoms with Gasteiger partial charge < -0.3 is 10.4 Å². The standard InChI is InChI=1S/C12H20N4O2/c1-16-7-11(14-15-16)12(18)13-6-9-4-2-3-5-10(9)8-17/h7,9-10,17H,2-6,8H2,1H3,(H,13,18). The highest BCUT2D eigenvalue weighted by Crippen LogP contribution is 2.29. The smallest absolute Gasteiger partial charge is 0.273 e. The Balaban J connectivity index is 1.85. The van der Waals surface area contributed by atoms with Gasteiger partial charge in [-0.3, -0.25) is 9.48 Å². The van der Waals surface area contributed by atoms with E-state index in [1.807, 2.05) is 0 Å². The first kappa shape index (κ1) is 13.0. The van der Waals surface area contributed by atoms with Gasteiger partial charge in [0, 0.05) is 20.2 Å². The highest BCUT2D eigenvalue weighted by molar-refractivity contribution is 5.91. The fourth-order valence-corrected chi connectivity index (χ4v) is 2.56. The van der Waals surface area contributed by atoms with Gasteiger partial charge in [-0.1, -0.05) is 18.1 Å². The molecule has 100 valence electrons. The number of amides is 1. The van der Waals surface area contributed by atoms with Crippen molar-refractivity contribution in [1.29, 1.82) is 0 Å². The Labute approximate surface area is 106 Å².